The minimum Gasteiger partial charge on any atom is -0.506 e. The summed E-state index contributed by atoms with van der Waals surface area (Å²) in [6.45, 7) is 2.01. The molecule has 0 radical (unpaired) electrons. The fourth-order valence-electron chi connectivity index (χ4n) is 1.52. The smallest absolute Gasteiger partial charge is 0.161 e. The molecular formula is C12H11ClIN3O. The van der Waals surface area contributed by atoms with Crippen molar-refractivity contribution in [3.63, 3.8) is 0 Å². The van der Waals surface area contributed by atoms with Crippen molar-refractivity contribution in [3.8, 4) is 17.1 Å². The molecule has 4 nitrogen and oxygen atoms in total. The summed E-state index contributed by atoms with van der Waals surface area (Å²) < 4.78 is 0.878. The minimum absolute atomic E-state index is 0.0367. The maximum Gasteiger partial charge on any atom is 0.161 e. The van der Waals surface area contributed by atoms with Crippen LogP contribution < -0.4 is 5.73 Å². The van der Waals surface area contributed by atoms with E-state index in [0.717, 1.165) is 21.2 Å². The zero-order chi connectivity index (χ0) is 13.3. The lowest BCUT2D eigenvalue weighted by Crippen LogP contribution is -2.04. The third kappa shape index (κ3) is 2.51. The normalized spacial score (nSPS) is 10.6. The number of nitrogen functional groups attached to an aromatic ring is 1. The van der Waals surface area contributed by atoms with E-state index in [2.05, 4.69) is 32.6 Å². The number of aryl methyl sites for hydroxylation is 1. The van der Waals surface area contributed by atoms with Gasteiger partial charge < -0.3 is 10.8 Å². The number of nitrogens with two attached hydrogens (primary N) is 1. The highest BCUT2D eigenvalue weighted by atomic mass is 127. The van der Waals surface area contributed by atoms with Gasteiger partial charge in [0, 0.05) is 5.56 Å². The number of aromatic nitrogens is 2. The van der Waals surface area contributed by atoms with Gasteiger partial charge in [0.15, 0.2) is 5.82 Å². The molecule has 0 aliphatic heterocycles. The summed E-state index contributed by atoms with van der Waals surface area (Å²) in [6.07, 6.45) is 0.782. The Morgan fingerprint density at radius 1 is 1.39 bits per heavy atom. The van der Waals surface area contributed by atoms with Crippen molar-refractivity contribution in [1.82, 2.24) is 9.97 Å². The minimum atomic E-state index is 0.0367. The van der Waals surface area contributed by atoms with Gasteiger partial charge in [-0.1, -0.05) is 18.5 Å². The van der Waals surface area contributed by atoms with Gasteiger partial charge in [-0.2, -0.15) is 0 Å². The number of aromatic hydroxyl groups is 1. The van der Waals surface area contributed by atoms with E-state index >= 15 is 0 Å². The number of hydrogen-bond acceptors (Lipinski definition) is 4. The Hall–Kier alpha value is -1.08. The molecule has 1 aromatic carbocycles. The molecule has 6 heteroatoms. The Labute approximate surface area is 123 Å². The Balaban J connectivity index is 2.57. The first-order valence-corrected chi connectivity index (χ1v) is 6.79. The van der Waals surface area contributed by atoms with Gasteiger partial charge in [0.2, 0.25) is 0 Å². The van der Waals surface area contributed by atoms with Crippen molar-refractivity contribution < 1.29 is 5.11 Å². The first-order chi connectivity index (χ1) is 8.52. The predicted molar refractivity (Wildman–Crippen MR) is 80.7 cm³/mol. The molecule has 1 aromatic heterocycles. The third-order valence-electron chi connectivity index (χ3n) is 2.49. The van der Waals surface area contributed by atoms with E-state index in [-0.39, 0.29) is 10.8 Å². The largest absolute Gasteiger partial charge is 0.506 e. The number of phenolic OH excluding ortho intramolecular Hbond substituents is 1. The molecule has 0 saturated heterocycles. The average molecular weight is 376 g/mol. The number of anilines is 1. The molecule has 2 aromatic rings. The predicted octanol–water partition coefficient (Wildman–Crippen LogP) is 3.25. The lowest BCUT2D eigenvalue weighted by molar-refractivity contribution is 0.475. The van der Waals surface area contributed by atoms with Crippen LogP contribution in [0.1, 0.15) is 12.6 Å². The third-order valence-corrected chi connectivity index (χ3v) is 3.96. The van der Waals surface area contributed by atoms with Gasteiger partial charge in [-0.3, -0.25) is 0 Å². The van der Waals surface area contributed by atoms with Gasteiger partial charge in [-0.25, -0.2) is 9.97 Å². The second-order valence-electron chi connectivity index (χ2n) is 3.71. The second-order valence-corrected chi connectivity index (χ2v) is 5.20. The lowest BCUT2D eigenvalue weighted by Gasteiger charge is -2.08. The Kier molecular flexibility index (Phi) is 3.91. The highest BCUT2D eigenvalue weighted by molar-refractivity contribution is 14.1. The summed E-state index contributed by atoms with van der Waals surface area (Å²) >= 11 is 8.01. The van der Waals surface area contributed by atoms with E-state index in [0.29, 0.717) is 11.6 Å². The Bertz CT molecular complexity index is 604. The summed E-state index contributed by atoms with van der Waals surface area (Å²) in [5, 5.41) is 9.66. The van der Waals surface area contributed by atoms with E-state index < -0.39 is 0 Å². The Morgan fingerprint density at radius 2 is 2.11 bits per heavy atom. The van der Waals surface area contributed by atoms with Crippen molar-refractivity contribution in [2.45, 2.75) is 13.3 Å². The van der Waals surface area contributed by atoms with E-state index in [9.17, 15) is 5.11 Å². The molecule has 3 N–H and O–H groups in total. The van der Waals surface area contributed by atoms with Crippen molar-refractivity contribution in [3.05, 3.63) is 32.5 Å². The number of rotatable bonds is 2. The number of nitrogens with zero attached hydrogens (tertiary/aromatic N) is 2. The number of hydrogen-bond donors (Lipinski definition) is 2. The molecule has 0 unspecified atom stereocenters. The summed E-state index contributed by atoms with van der Waals surface area (Å²) in [5.74, 6) is 1.02. The van der Waals surface area contributed by atoms with Gasteiger partial charge in [-0.15, -0.1) is 0 Å². The van der Waals surface area contributed by atoms with Gasteiger partial charge in [0.05, 0.1) is 14.3 Å². The van der Waals surface area contributed by atoms with Crippen LogP contribution >= 0.6 is 34.2 Å². The summed E-state index contributed by atoms with van der Waals surface area (Å²) in [5.41, 5.74) is 7.50. The van der Waals surface area contributed by atoms with E-state index in [4.69, 9.17) is 17.3 Å². The van der Waals surface area contributed by atoms with Gasteiger partial charge in [0.25, 0.3) is 0 Å². The molecule has 18 heavy (non-hydrogen) atoms. The van der Waals surface area contributed by atoms with Crippen molar-refractivity contribution in [2.75, 3.05) is 5.73 Å². The number of benzene rings is 1. The zero-order valence-corrected chi connectivity index (χ0v) is 12.5. The monoisotopic (exact) mass is 375 g/mol. The van der Waals surface area contributed by atoms with Crippen LogP contribution in [0.5, 0.6) is 5.75 Å². The topological polar surface area (TPSA) is 72.0 Å². The molecule has 0 aliphatic carbocycles. The summed E-state index contributed by atoms with van der Waals surface area (Å²) in [7, 11) is 0. The van der Waals surface area contributed by atoms with Gasteiger partial charge in [-0.05, 0) is 47.2 Å². The van der Waals surface area contributed by atoms with Crippen LogP contribution in [0.3, 0.4) is 0 Å². The van der Waals surface area contributed by atoms with Crippen molar-refractivity contribution >= 4 is 40.0 Å². The quantitative estimate of drug-likeness (QED) is 0.790. The van der Waals surface area contributed by atoms with Crippen LogP contribution in [0.15, 0.2) is 18.2 Å². The van der Waals surface area contributed by atoms with E-state index in [1.165, 1.54) is 6.07 Å². The summed E-state index contributed by atoms with van der Waals surface area (Å²) in [6, 6.07) is 4.85. The van der Waals surface area contributed by atoms with Crippen molar-refractivity contribution in [1.29, 1.82) is 0 Å². The average Bonchev–Trinajstić information content (AvgIpc) is 2.36. The molecule has 0 atom stereocenters. The molecule has 2 rings (SSSR count). The maximum absolute atomic E-state index is 9.39. The summed E-state index contributed by atoms with van der Waals surface area (Å²) in [4.78, 5) is 8.69. The fraction of sp³-hybridized carbons (Fsp3) is 0.167. The lowest BCUT2D eigenvalue weighted by atomic mass is 10.2. The standard InChI is InChI=1S/C12H11ClIN3O/c1-2-8-10(14)11(15)17-12(16-8)6-3-4-9(18)7(13)5-6/h3-5,18H,2H2,1H3,(H2,15,16,17). The first kappa shape index (κ1) is 13.4. The molecule has 0 bridgehead atoms. The van der Waals surface area contributed by atoms with Gasteiger partial charge in [0.1, 0.15) is 11.6 Å². The number of phenols is 1. The van der Waals surface area contributed by atoms with Crippen LogP contribution in [-0.4, -0.2) is 15.1 Å². The second kappa shape index (κ2) is 5.27. The fourth-order valence-corrected chi connectivity index (χ4v) is 2.33. The van der Waals surface area contributed by atoms with Crippen LogP contribution in [0.4, 0.5) is 5.82 Å². The molecule has 0 amide bonds. The SMILES string of the molecule is CCc1nc(-c2ccc(O)c(Cl)c2)nc(N)c1I. The highest BCUT2D eigenvalue weighted by Gasteiger charge is 2.11. The number of halogens is 2. The zero-order valence-electron chi connectivity index (χ0n) is 9.61. The molecule has 0 spiro atoms. The van der Waals surface area contributed by atoms with E-state index in [1.54, 1.807) is 12.1 Å². The van der Waals surface area contributed by atoms with Crippen LogP contribution in [0.2, 0.25) is 5.02 Å². The molecule has 0 saturated carbocycles. The van der Waals surface area contributed by atoms with Crippen LogP contribution in [0.25, 0.3) is 11.4 Å². The van der Waals surface area contributed by atoms with E-state index in [1.807, 2.05) is 6.92 Å². The molecule has 0 aliphatic rings. The van der Waals surface area contributed by atoms with Gasteiger partial charge >= 0.3 is 0 Å². The van der Waals surface area contributed by atoms with Crippen LogP contribution in [-0.2, 0) is 6.42 Å². The molecule has 0 fully saturated rings. The molecule has 1 heterocycles. The Morgan fingerprint density at radius 3 is 2.72 bits per heavy atom. The van der Waals surface area contributed by atoms with Crippen LogP contribution in [0, 0.1) is 3.57 Å². The maximum atomic E-state index is 9.39. The molecule has 94 valence electrons. The molecular weight excluding hydrogens is 365 g/mol. The highest BCUT2D eigenvalue weighted by Crippen LogP contribution is 2.29. The first-order valence-electron chi connectivity index (χ1n) is 5.33. The van der Waals surface area contributed by atoms with Crippen molar-refractivity contribution in [2.24, 2.45) is 0 Å².